The molecule has 0 atom stereocenters. The van der Waals surface area contributed by atoms with Gasteiger partial charge in [-0.15, -0.1) is 0 Å². The van der Waals surface area contributed by atoms with Crippen LogP contribution in [0.1, 0.15) is 0 Å². The fourth-order valence-corrected chi connectivity index (χ4v) is 5.35. The molecule has 0 aliphatic carbocycles. The van der Waals surface area contributed by atoms with Crippen LogP contribution in [0.5, 0.6) is 5.75 Å². The number of halogens is 1. The number of nitrogens with zero attached hydrogens (tertiary/aromatic N) is 3. The molecule has 5 rings (SSSR count). The molecule has 2 heterocycles. The van der Waals surface area contributed by atoms with E-state index in [1.807, 2.05) is 77.6 Å². The second-order valence-electron chi connectivity index (χ2n) is 8.61. The fourth-order valence-electron chi connectivity index (χ4n) is 4.05. The minimum atomic E-state index is -3.60. The SMILES string of the molecule is COc1cccc(-c2nn(-c3ccccc3)cc2-c2ccnc(NCCNS(=O)(=O)c3ccc(Br)cc3)c2)c1. The normalized spacial score (nSPS) is 11.3. The van der Waals surface area contributed by atoms with E-state index < -0.39 is 10.0 Å². The summed E-state index contributed by atoms with van der Waals surface area (Å²) in [5.41, 5.74) is 4.51. The fraction of sp³-hybridized carbons (Fsp3) is 0.103. The summed E-state index contributed by atoms with van der Waals surface area (Å²) in [7, 11) is -1.96. The molecule has 5 aromatic rings. The van der Waals surface area contributed by atoms with E-state index >= 15 is 0 Å². The zero-order valence-corrected chi connectivity index (χ0v) is 23.5. The van der Waals surface area contributed by atoms with Crippen molar-refractivity contribution in [3.63, 3.8) is 0 Å². The van der Waals surface area contributed by atoms with E-state index in [2.05, 4.69) is 31.0 Å². The highest BCUT2D eigenvalue weighted by atomic mass is 79.9. The summed E-state index contributed by atoms with van der Waals surface area (Å²) in [6, 6.07) is 28.1. The maximum absolute atomic E-state index is 12.5. The second-order valence-corrected chi connectivity index (χ2v) is 11.3. The molecule has 0 saturated heterocycles. The molecule has 198 valence electrons. The van der Waals surface area contributed by atoms with Crippen LogP contribution in [0.15, 0.2) is 113 Å². The smallest absolute Gasteiger partial charge is 0.240 e. The molecule has 2 N–H and O–H groups in total. The first kappa shape index (κ1) is 26.6. The van der Waals surface area contributed by atoms with Crippen LogP contribution >= 0.6 is 15.9 Å². The molecular formula is C29H26BrN5O3S. The van der Waals surface area contributed by atoms with E-state index in [4.69, 9.17) is 9.84 Å². The largest absolute Gasteiger partial charge is 0.497 e. The van der Waals surface area contributed by atoms with Crippen LogP contribution in [-0.2, 0) is 10.0 Å². The molecule has 0 spiro atoms. The zero-order valence-electron chi connectivity index (χ0n) is 21.1. The third-order valence-electron chi connectivity index (χ3n) is 6.00. The number of benzene rings is 3. The number of pyridine rings is 1. The van der Waals surface area contributed by atoms with Gasteiger partial charge in [0.2, 0.25) is 10.0 Å². The van der Waals surface area contributed by atoms with Crippen molar-refractivity contribution in [2.45, 2.75) is 4.90 Å². The van der Waals surface area contributed by atoms with Crippen molar-refractivity contribution < 1.29 is 13.2 Å². The lowest BCUT2D eigenvalue weighted by Gasteiger charge is -2.10. The number of ether oxygens (including phenoxy) is 1. The maximum Gasteiger partial charge on any atom is 0.240 e. The molecule has 0 aliphatic rings. The van der Waals surface area contributed by atoms with E-state index in [0.29, 0.717) is 12.4 Å². The van der Waals surface area contributed by atoms with Crippen LogP contribution in [0.25, 0.3) is 28.1 Å². The lowest BCUT2D eigenvalue weighted by atomic mass is 10.0. The van der Waals surface area contributed by atoms with Gasteiger partial charge in [-0.05, 0) is 66.2 Å². The number of anilines is 1. The average Bonchev–Trinajstić information content (AvgIpc) is 3.42. The Hall–Kier alpha value is -3.99. The molecule has 2 aromatic heterocycles. The number of hydrogen-bond donors (Lipinski definition) is 2. The summed E-state index contributed by atoms with van der Waals surface area (Å²) in [6.07, 6.45) is 3.72. The Morgan fingerprint density at radius 3 is 2.46 bits per heavy atom. The molecular weight excluding hydrogens is 578 g/mol. The predicted molar refractivity (Wildman–Crippen MR) is 157 cm³/mol. The van der Waals surface area contributed by atoms with Crippen LogP contribution < -0.4 is 14.8 Å². The average molecular weight is 605 g/mol. The van der Waals surface area contributed by atoms with Gasteiger partial charge in [-0.25, -0.2) is 22.8 Å². The Morgan fingerprint density at radius 1 is 0.897 bits per heavy atom. The number of para-hydroxylation sites is 1. The Morgan fingerprint density at radius 2 is 1.69 bits per heavy atom. The van der Waals surface area contributed by atoms with E-state index in [1.165, 1.54) is 0 Å². The zero-order chi connectivity index (χ0) is 27.2. The highest BCUT2D eigenvalue weighted by molar-refractivity contribution is 9.10. The van der Waals surface area contributed by atoms with E-state index in [1.54, 1.807) is 37.6 Å². The van der Waals surface area contributed by atoms with Crippen LogP contribution in [0.2, 0.25) is 0 Å². The van der Waals surface area contributed by atoms with E-state index in [-0.39, 0.29) is 11.4 Å². The highest BCUT2D eigenvalue weighted by Crippen LogP contribution is 2.34. The summed E-state index contributed by atoms with van der Waals surface area (Å²) in [5, 5.41) is 8.12. The second kappa shape index (κ2) is 11.8. The molecule has 0 aliphatic heterocycles. The molecule has 39 heavy (non-hydrogen) atoms. The van der Waals surface area contributed by atoms with Crippen molar-refractivity contribution in [3.8, 4) is 33.8 Å². The lowest BCUT2D eigenvalue weighted by molar-refractivity contribution is 0.415. The van der Waals surface area contributed by atoms with Crippen molar-refractivity contribution in [3.05, 3.63) is 108 Å². The van der Waals surface area contributed by atoms with Crippen molar-refractivity contribution in [2.24, 2.45) is 0 Å². The quantitative estimate of drug-likeness (QED) is 0.197. The van der Waals surface area contributed by atoms with Gasteiger partial charge in [-0.3, -0.25) is 0 Å². The first-order valence-electron chi connectivity index (χ1n) is 12.2. The highest BCUT2D eigenvalue weighted by Gasteiger charge is 2.16. The van der Waals surface area contributed by atoms with Gasteiger partial charge in [-0.2, -0.15) is 5.10 Å². The minimum Gasteiger partial charge on any atom is -0.497 e. The first-order valence-corrected chi connectivity index (χ1v) is 14.5. The summed E-state index contributed by atoms with van der Waals surface area (Å²) < 4.78 is 35.8. The first-order chi connectivity index (χ1) is 18.9. The van der Waals surface area contributed by atoms with Gasteiger partial charge in [0.1, 0.15) is 17.3 Å². The van der Waals surface area contributed by atoms with Crippen LogP contribution in [0.3, 0.4) is 0 Å². The van der Waals surface area contributed by atoms with Gasteiger partial charge in [0.25, 0.3) is 0 Å². The molecule has 8 nitrogen and oxygen atoms in total. The Labute approximate surface area is 235 Å². The third kappa shape index (κ3) is 6.36. The van der Waals surface area contributed by atoms with Crippen molar-refractivity contribution in [2.75, 3.05) is 25.5 Å². The van der Waals surface area contributed by atoms with Crippen molar-refractivity contribution in [1.29, 1.82) is 0 Å². The molecule has 3 aromatic carbocycles. The van der Waals surface area contributed by atoms with Crippen molar-refractivity contribution >= 4 is 31.8 Å². The molecule has 0 bridgehead atoms. The lowest BCUT2D eigenvalue weighted by Crippen LogP contribution is -2.29. The van der Waals surface area contributed by atoms with E-state index in [0.717, 1.165) is 38.3 Å². The van der Waals surface area contributed by atoms with Gasteiger partial charge >= 0.3 is 0 Å². The number of rotatable bonds is 10. The van der Waals surface area contributed by atoms with Gasteiger partial charge in [0.05, 0.1) is 17.7 Å². The molecule has 0 radical (unpaired) electrons. The predicted octanol–water partition coefficient (Wildman–Crippen LogP) is 5.76. The molecule has 0 saturated carbocycles. The van der Waals surface area contributed by atoms with E-state index in [9.17, 15) is 8.42 Å². The van der Waals surface area contributed by atoms with Gasteiger partial charge in [0, 0.05) is 41.1 Å². The molecule has 0 unspecified atom stereocenters. The summed E-state index contributed by atoms with van der Waals surface area (Å²) in [4.78, 5) is 4.63. The Balaban J connectivity index is 1.37. The van der Waals surface area contributed by atoms with Gasteiger partial charge in [0.15, 0.2) is 0 Å². The number of nitrogens with one attached hydrogen (secondary N) is 2. The minimum absolute atomic E-state index is 0.200. The van der Waals surface area contributed by atoms with Crippen LogP contribution in [-0.4, -0.2) is 43.4 Å². The van der Waals surface area contributed by atoms with Crippen LogP contribution in [0.4, 0.5) is 5.82 Å². The Bertz CT molecular complexity index is 1670. The van der Waals surface area contributed by atoms with Gasteiger partial charge in [-0.1, -0.05) is 46.3 Å². The molecule has 0 fully saturated rings. The number of sulfonamides is 1. The maximum atomic E-state index is 12.5. The van der Waals surface area contributed by atoms with Crippen LogP contribution in [0, 0.1) is 0 Å². The standard InChI is InChI=1S/C29H26BrN5O3S/c1-38-25-9-5-6-22(18-25)29-27(20-35(34-29)24-7-3-2-4-8-24)21-14-15-31-28(19-21)32-16-17-33-39(36,37)26-12-10-23(30)11-13-26/h2-15,18-20,33H,16-17H2,1H3,(H,31,32). The molecule has 10 heteroatoms. The number of methoxy groups -OCH3 is 1. The van der Waals surface area contributed by atoms with Crippen molar-refractivity contribution in [1.82, 2.24) is 19.5 Å². The van der Waals surface area contributed by atoms with Gasteiger partial charge < -0.3 is 10.1 Å². The molecule has 0 amide bonds. The number of aromatic nitrogens is 3. The summed E-state index contributed by atoms with van der Waals surface area (Å²) >= 11 is 3.32. The topological polar surface area (TPSA) is 98.1 Å². The third-order valence-corrected chi connectivity index (χ3v) is 8.00. The summed E-state index contributed by atoms with van der Waals surface area (Å²) in [5.74, 6) is 1.37. The number of hydrogen-bond acceptors (Lipinski definition) is 6. The summed E-state index contributed by atoms with van der Waals surface area (Å²) in [6.45, 7) is 0.559. The monoisotopic (exact) mass is 603 g/mol. The Kier molecular flexibility index (Phi) is 8.06.